The molecule has 0 radical (unpaired) electrons. The molecule has 0 aliphatic carbocycles. The summed E-state index contributed by atoms with van der Waals surface area (Å²) in [6.07, 6.45) is 3.58. The van der Waals surface area contributed by atoms with Gasteiger partial charge in [-0.1, -0.05) is 6.07 Å². The minimum atomic E-state index is -0.141. The fraction of sp³-hybridized carbons (Fsp3) is 0.375. The molecule has 1 saturated heterocycles. The van der Waals surface area contributed by atoms with Gasteiger partial charge in [-0.2, -0.15) is 0 Å². The van der Waals surface area contributed by atoms with Crippen LogP contribution < -0.4 is 20.5 Å². The first kappa shape index (κ1) is 14.4. The molecule has 6 heteroatoms. The molecule has 1 fully saturated rings. The lowest BCUT2D eigenvalue weighted by atomic mass is 10.0. The van der Waals surface area contributed by atoms with Gasteiger partial charge in [0.05, 0.1) is 13.4 Å². The second kappa shape index (κ2) is 6.51. The molecule has 1 atom stereocenters. The number of nitrogens with zero attached hydrogens (tertiary/aromatic N) is 2. The maximum absolute atomic E-state index is 11.3. The van der Waals surface area contributed by atoms with Crippen molar-refractivity contribution >= 4 is 11.5 Å². The van der Waals surface area contributed by atoms with Gasteiger partial charge in [0.2, 0.25) is 0 Å². The Kier molecular flexibility index (Phi) is 4.27. The predicted molar refractivity (Wildman–Crippen MR) is 86.7 cm³/mol. The highest BCUT2D eigenvalue weighted by Crippen LogP contribution is 2.24. The van der Waals surface area contributed by atoms with Crippen molar-refractivity contribution in [2.45, 2.75) is 18.9 Å². The molecule has 2 heterocycles. The molecule has 22 heavy (non-hydrogen) atoms. The van der Waals surface area contributed by atoms with Crippen LogP contribution in [0.1, 0.15) is 12.8 Å². The van der Waals surface area contributed by atoms with E-state index in [0.717, 1.165) is 37.4 Å². The van der Waals surface area contributed by atoms with Crippen molar-refractivity contribution in [2.24, 2.45) is 0 Å². The van der Waals surface area contributed by atoms with Gasteiger partial charge in [0.15, 0.2) is 0 Å². The van der Waals surface area contributed by atoms with Crippen molar-refractivity contribution < 1.29 is 4.74 Å². The van der Waals surface area contributed by atoms with E-state index in [9.17, 15) is 4.79 Å². The number of ether oxygens (including phenoxy) is 1. The molecule has 1 aliphatic rings. The van der Waals surface area contributed by atoms with Crippen LogP contribution in [0.4, 0.5) is 11.5 Å². The summed E-state index contributed by atoms with van der Waals surface area (Å²) >= 11 is 0. The van der Waals surface area contributed by atoms with Crippen molar-refractivity contribution in [1.29, 1.82) is 0 Å². The van der Waals surface area contributed by atoms with Gasteiger partial charge in [-0.3, -0.25) is 4.79 Å². The van der Waals surface area contributed by atoms with E-state index in [1.54, 1.807) is 7.11 Å². The molecule has 6 nitrogen and oxygen atoms in total. The highest BCUT2D eigenvalue weighted by atomic mass is 16.5. The number of hydrogen-bond acceptors (Lipinski definition) is 5. The molecule has 3 rings (SSSR count). The Bertz CT molecular complexity index is 686. The Morgan fingerprint density at radius 3 is 3.14 bits per heavy atom. The number of benzene rings is 1. The molecule has 2 N–H and O–H groups in total. The second-order valence-corrected chi connectivity index (χ2v) is 5.43. The van der Waals surface area contributed by atoms with Crippen LogP contribution in [0.15, 0.2) is 41.5 Å². The summed E-state index contributed by atoms with van der Waals surface area (Å²) in [6.45, 7) is 1.90. The SMILES string of the molecule is COc1cccc(N2CCCC(Nc3cc(=O)[nH]cn3)C2)c1. The van der Waals surface area contributed by atoms with Crippen LogP contribution in [0.25, 0.3) is 0 Å². The number of anilines is 2. The standard InChI is InChI=1S/C16H20N4O2/c1-22-14-6-2-5-13(8-14)20-7-3-4-12(10-20)19-15-9-16(21)18-11-17-15/h2,5-6,8-9,11-12H,3-4,7,10H2,1H3,(H2,17,18,19,21). The van der Waals surface area contributed by atoms with Crippen LogP contribution in [0.3, 0.4) is 0 Å². The van der Waals surface area contributed by atoms with Gasteiger partial charge in [-0.25, -0.2) is 4.98 Å². The quantitative estimate of drug-likeness (QED) is 0.902. The third kappa shape index (κ3) is 3.39. The Hall–Kier alpha value is -2.50. The molecular weight excluding hydrogens is 280 g/mol. The molecule has 1 unspecified atom stereocenters. The molecule has 1 aromatic carbocycles. The zero-order chi connectivity index (χ0) is 15.4. The number of aromatic amines is 1. The summed E-state index contributed by atoms with van der Waals surface area (Å²) in [5, 5.41) is 3.35. The first-order chi connectivity index (χ1) is 10.7. The van der Waals surface area contributed by atoms with Gasteiger partial charge in [-0.15, -0.1) is 0 Å². The lowest BCUT2D eigenvalue weighted by Gasteiger charge is -2.35. The van der Waals surface area contributed by atoms with E-state index in [1.807, 2.05) is 18.2 Å². The van der Waals surface area contributed by atoms with Gasteiger partial charge >= 0.3 is 0 Å². The zero-order valence-corrected chi connectivity index (χ0v) is 12.6. The molecule has 1 aliphatic heterocycles. The lowest BCUT2D eigenvalue weighted by Crippen LogP contribution is -2.42. The summed E-state index contributed by atoms with van der Waals surface area (Å²) in [4.78, 5) is 20.3. The lowest BCUT2D eigenvalue weighted by molar-refractivity contribution is 0.414. The fourth-order valence-corrected chi connectivity index (χ4v) is 2.79. The Morgan fingerprint density at radius 1 is 1.41 bits per heavy atom. The molecule has 0 spiro atoms. The third-order valence-electron chi connectivity index (χ3n) is 3.87. The number of aromatic nitrogens is 2. The third-order valence-corrected chi connectivity index (χ3v) is 3.87. The monoisotopic (exact) mass is 300 g/mol. The minimum Gasteiger partial charge on any atom is -0.497 e. The number of piperidine rings is 1. The number of rotatable bonds is 4. The molecule has 1 aromatic heterocycles. The van der Waals surface area contributed by atoms with E-state index in [2.05, 4.69) is 26.3 Å². The summed E-state index contributed by atoms with van der Waals surface area (Å²) in [5.74, 6) is 1.49. The second-order valence-electron chi connectivity index (χ2n) is 5.43. The minimum absolute atomic E-state index is 0.141. The first-order valence-corrected chi connectivity index (χ1v) is 7.45. The molecule has 0 bridgehead atoms. The summed E-state index contributed by atoms with van der Waals surface area (Å²) in [7, 11) is 1.68. The molecular formula is C16H20N4O2. The Morgan fingerprint density at radius 2 is 2.32 bits per heavy atom. The van der Waals surface area contributed by atoms with E-state index in [-0.39, 0.29) is 11.6 Å². The van der Waals surface area contributed by atoms with Crippen LogP contribution in [0, 0.1) is 0 Å². The normalized spacial score (nSPS) is 18.0. The van der Waals surface area contributed by atoms with Crippen LogP contribution in [0.2, 0.25) is 0 Å². The highest BCUT2D eigenvalue weighted by Gasteiger charge is 2.20. The largest absolute Gasteiger partial charge is 0.497 e. The summed E-state index contributed by atoms with van der Waals surface area (Å²) in [5.41, 5.74) is 1.02. The number of methoxy groups -OCH3 is 1. The molecule has 116 valence electrons. The van der Waals surface area contributed by atoms with E-state index < -0.39 is 0 Å². The van der Waals surface area contributed by atoms with Crippen LogP contribution in [0.5, 0.6) is 5.75 Å². The van der Waals surface area contributed by atoms with Crippen molar-refractivity contribution in [3.63, 3.8) is 0 Å². The topological polar surface area (TPSA) is 70.2 Å². The predicted octanol–water partition coefficient (Wildman–Crippen LogP) is 1.86. The maximum atomic E-state index is 11.3. The van der Waals surface area contributed by atoms with Gasteiger partial charge < -0.3 is 19.9 Å². The van der Waals surface area contributed by atoms with E-state index in [1.165, 1.54) is 12.4 Å². The van der Waals surface area contributed by atoms with Crippen molar-refractivity contribution in [3.8, 4) is 5.75 Å². The number of H-pyrrole nitrogens is 1. The van der Waals surface area contributed by atoms with Crippen LogP contribution >= 0.6 is 0 Å². The Labute approximate surface area is 129 Å². The fourth-order valence-electron chi connectivity index (χ4n) is 2.79. The van der Waals surface area contributed by atoms with E-state index >= 15 is 0 Å². The maximum Gasteiger partial charge on any atom is 0.252 e. The van der Waals surface area contributed by atoms with Crippen LogP contribution in [-0.4, -0.2) is 36.2 Å². The Balaban J connectivity index is 1.69. The first-order valence-electron chi connectivity index (χ1n) is 7.45. The number of nitrogens with one attached hydrogen (secondary N) is 2. The highest BCUT2D eigenvalue weighted by molar-refractivity contribution is 5.51. The van der Waals surface area contributed by atoms with Crippen molar-refractivity contribution in [2.75, 3.05) is 30.4 Å². The van der Waals surface area contributed by atoms with E-state index in [0.29, 0.717) is 5.82 Å². The van der Waals surface area contributed by atoms with Gasteiger partial charge in [0.1, 0.15) is 11.6 Å². The average molecular weight is 300 g/mol. The smallest absolute Gasteiger partial charge is 0.252 e. The zero-order valence-electron chi connectivity index (χ0n) is 12.6. The van der Waals surface area contributed by atoms with Gasteiger partial charge in [0, 0.05) is 37.0 Å². The van der Waals surface area contributed by atoms with Gasteiger partial charge in [-0.05, 0) is 25.0 Å². The summed E-state index contributed by atoms with van der Waals surface area (Å²) < 4.78 is 5.29. The number of hydrogen-bond donors (Lipinski definition) is 2. The van der Waals surface area contributed by atoms with Crippen LogP contribution in [-0.2, 0) is 0 Å². The molecule has 0 amide bonds. The van der Waals surface area contributed by atoms with Gasteiger partial charge in [0.25, 0.3) is 5.56 Å². The van der Waals surface area contributed by atoms with Crippen molar-refractivity contribution in [1.82, 2.24) is 9.97 Å². The summed E-state index contributed by atoms with van der Waals surface area (Å²) in [6, 6.07) is 9.86. The molecule has 2 aromatic rings. The molecule has 0 saturated carbocycles. The van der Waals surface area contributed by atoms with E-state index in [4.69, 9.17) is 4.74 Å². The average Bonchev–Trinajstić information content (AvgIpc) is 2.55. The van der Waals surface area contributed by atoms with Crippen molar-refractivity contribution in [3.05, 3.63) is 47.0 Å².